The smallest absolute Gasteiger partial charge is 0.238 e. The molecule has 7 rings (SSSR count). The Morgan fingerprint density at radius 2 is 1.55 bits per heavy atom. The van der Waals surface area contributed by atoms with Crippen molar-refractivity contribution in [3.05, 3.63) is 144 Å². The predicted molar refractivity (Wildman–Crippen MR) is 168 cm³/mol. The lowest BCUT2D eigenvalue weighted by molar-refractivity contribution is -0.122. The molecule has 3 aliphatic rings. The monoisotopic (exact) mass is 582 g/mol. The van der Waals surface area contributed by atoms with Crippen LogP contribution in [0, 0.1) is 5.92 Å². The van der Waals surface area contributed by atoms with Gasteiger partial charge in [0.25, 0.3) is 0 Å². The molecule has 3 heterocycles. The first-order valence-corrected chi connectivity index (χ1v) is 14.5. The van der Waals surface area contributed by atoms with Crippen molar-refractivity contribution < 1.29 is 23.9 Å². The number of hydrogen-bond acceptors (Lipinski definition) is 6. The summed E-state index contributed by atoms with van der Waals surface area (Å²) in [6.45, 7) is 4.02. The average Bonchev–Trinajstić information content (AvgIpc) is 3.55. The van der Waals surface area contributed by atoms with Gasteiger partial charge in [0.2, 0.25) is 5.91 Å². The molecule has 0 radical (unpaired) electrons. The molecular weight excluding hydrogens is 552 g/mol. The quantitative estimate of drug-likeness (QED) is 0.196. The van der Waals surface area contributed by atoms with Gasteiger partial charge in [0.1, 0.15) is 29.6 Å². The van der Waals surface area contributed by atoms with Crippen molar-refractivity contribution in [2.45, 2.75) is 17.5 Å². The summed E-state index contributed by atoms with van der Waals surface area (Å²) in [6, 6.07) is 27.5. The molecule has 218 valence electrons. The van der Waals surface area contributed by atoms with Crippen LogP contribution >= 0.6 is 0 Å². The minimum Gasteiger partial charge on any atom is -0.497 e. The van der Waals surface area contributed by atoms with E-state index in [4.69, 9.17) is 9.47 Å². The van der Waals surface area contributed by atoms with Crippen LogP contribution in [0.1, 0.15) is 43.4 Å². The Kier molecular flexibility index (Phi) is 6.66. The topological polar surface area (TPSA) is 84.9 Å². The van der Waals surface area contributed by atoms with E-state index in [0.717, 1.165) is 11.1 Å². The molecule has 0 unspecified atom stereocenters. The van der Waals surface area contributed by atoms with Crippen LogP contribution in [0.4, 0.5) is 5.69 Å². The van der Waals surface area contributed by atoms with E-state index in [0.29, 0.717) is 40.5 Å². The van der Waals surface area contributed by atoms with Crippen LogP contribution < -0.4 is 14.8 Å². The summed E-state index contributed by atoms with van der Waals surface area (Å²) in [5.74, 6) is -0.690. The van der Waals surface area contributed by atoms with Gasteiger partial charge in [-0.2, -0.15) is 0 Å². The summed E-state index contributed by atoms with van der Waals surface area (Å²) >= 11 is 0. The molecule has 1 spiro atoms. The second kappa shape index (κ2) is 10.7. The highest BCUT2D eigenvalue weighted by molar-refractivity contribution is 6.16. The molecule has 4 aromatic carbocycles. The summed E-state index contributed by atoms with van der Waals surface area (Å²) in [5.41, 5.74) is 2.61. The standard InChI is InChI=1S/C37H30N2O5/c1-3-22-44-27-18-14-24(15-19-27)33(40)31-32(34(41)25-12-16-26(43-2)17-13-25)39-21-20-23-8-4-5-9-28(23)35(39)37(31)29-10-6-7-11-30(29)38-36(37)42/h3-21,31-32,35H,1,22H2,2H3,(H,38,42)/t31-,32+,35-,37+/m0/s1. The molecule has 0 saturated carbocycles. The SMILES string of the molecule is C=CCOc1ccc(C(=O)[C@@H]2[C@H](C(=O)c3ccc(OC)cc3)N3C=Cc4ccccc4[C@H]3[C@]23C(=O)Nc2ccccc23)cc1. The second-order valence-electron chi connectivity index (χ2n) is 11.2. The average molecular weight is 583 g/mol. The Labute approximate surface area is 255 Å². The number of benzene rings is 4. The van der Waals surface area contributed by atoms with E-state index < -0.39 is 23.4 Å². The van der Waals surface area contributed by atoms with E-state index in [-0.39, 0.29) is 17.5 Å². The van der Waals surface area contributed by atoms with Crippen LogP contribution in [0.25, 0.3) is 6.08 Å². The largest absolute Gasteiger partial charge is 0.497 e. The van der Waals surface area contributed by atoms with Crippen LogP contribution in [0.2, 0.25) is 0 Å². The van der Waals surface area contributed by atoms with E-state index in [1.54, 1.807) is 61.7 Å². The summed E-state index contributed by atoms with van der Waals surface area (Å²) < 4.78 is 11.0. The Bertz CT molecular complexity index is 1830. The third kappa shape index (κ3) is 4.00. The first-order valence-electron chi connectivity index (χ1n) is 14.5. The molecule has 0 aliphatic carbocycles. The maximum atomic E-state index is 14.9. The van der Waals surface area contributed by atoms with Gasteiger partial charge in [0.15, 0.2) is 11.6 Å². The van der Waals surface area contributed by atoms with Crippen LogP contribution in [-0.4, -0.2) is 42.1 Å². The molecule has 0 aromatic heterocycles. The number of hydrogen-bond donors (Lipinski definition) is 1. The summed E-state index contributed by atoms with van der Waals surface area (Å²) in [4.78, 5) is 46.1. The highest BCUT2D eigenvalue weighted by atomic mass is 16.5. The molecule has 1 saturated heterocycles. The molecule has 1 N–H and O–H groups in total. The lowest BCUT2D eigenvalue weighted by atomic mass is 9.62. The summed E-state index contributed by atoms with van der Waals surface area (Å²) in [5, 5.41) is 3.08. The van der Waals surface area contributed by atoms with Gasteiger partial charge in [0, 0.05) is 23.0 Å². The van der Waals surface area contributed by atoms with Gasteiger partial charge < -0.3 is 19.7 Å². The van der Waals surface area contributed by atoms with Crippen LogP contribution in [0.15, 0.2) is 116 Å². The minimum absolute atomic E-state index is 0.250. The fourth-order valence-electron chi connectivity index (χ4n) is 7.14. The van der Waals surface area contributed by atoms with Gasteiger partial charge in [-0.1, -0.05) is 55.1 Å². The van der Waals surface area contributed by atoms with Crippen molar-refractivity contribution in [2.75, 3.05) is 19.0 Å². The van der Waals surface area contributed by atoms with Crippen molar-refractivity contribution in [3.63, 3.8) is 0 Å². The molecule has 0 bridgehead atoms. The van der Waals surface area contributed by atoms with Crippen LogP contribution in [0.3, 0.4) is 0 Å². The number of nitrogens with one attached hydrogen (secondary N) is 1. The molecule has 4 atom stereocenters. The fourth-order valence-corrected chi connectivity index (χ4v) is 7.14. The minimum atomic E-state index is -1.39. The molecule has 1 fully saturated rings. The van der Waals surface area contributed by atoms with Crippen molar-refractivity contribution >= 4 is 29.2 Å². The Morgan fingerprint density at radius 3 is 2.27 bits per heavy atom. The van der Waals surface area contributed by atoms with E-state index in [9.17, 15) is 14.4 Å². The van der Waals surface area contributed by atoms with Gasteiger partial charge in [-0.25, -0.2) is 0 Å². The van der Waals surface area contributed by atoms with Gasteiger partial charge in [0.05, 0.1) is 19.1 Å². The lowest BCUT2D eigenvalue weighted by Gasteiger charge is -2.38. The third-order valence-corrected chi connectivity index (χ3v) is 9.00. The summed E-state index contributed by atoms with van der Waals surface area (Å²) in [7, 11) is 1.57. The number of ketones is 2. The van der Waals surface area contributed by atoms with E-state index in [1.165, 1.54) is 0 Å². The zero-order valence-electron chi connectivity index (χ0n) is 24.1. The number of nitrogens with zero attached hydrogens (tertiary/aromatic N) is 1. The number of anilines is 1. The van der Waals surface area contributed by atoms with E-state index >= 15 is 0 Å². The highest BCUT2D eigenvalue weighted by Crippen LogP contribution is 2.62. The number of carbonyl (C=O) groups is 3. The first-order chi connectivity index (χ1) is 21.5. The van der Waals surface area contributed by atoms with Gasteiger partial charge in [-0.15, -0.1) is 0 Å². The number of ether oxygens (including phenoxy) is 2. The van der Waals surface area contributed by atoms with Crippen molar-refractivity contribution in [3.8, 4) is 11.5 Å². The van der Waals surface area contributed by atoms with Crippen LogP contribution in [-0.2, 0) is 10.2 Å². The maximum absolute atomic E-state index is 14.9. The maximum Gasteiger partial charge on any atom is 0.238 e. The number of Topliss-reactive ketones (excluding diaryl/α,β-unsaturated/α-hetero) is 2. The Hall–Kier alpha value is -5.43. The van der Waals surface area contributed by atoms with E-state index in [2.05, 4.69) is 11.9 Å². The molecule has 7 heteroatoms. The molecule has 4 aromatic rings. The normalized spacial score (nSPS) is 22.5. The molecule has 7 nitrogen and oxygen atoms in total. The van der Waals surface area contributed by atoms with Crippen molar-refractivity contribution in [2.24, 2.45) is 5.92 Å². The Balaban J connectivity index is 1.46. The zero-order valence-corrected chi connectivity index (χ0v) is 24.1. The lowest BCUT2D eigenvalue weighted by Crippen LogP contribution is -2.49. The van der Waals surface area contributed by atoms with Crippen molar-refractivity contribution in [1.82, 2.24) is 4.90 Å². The second-order valence-corrected chi connectivity index (χ2v) is 11.2. The molecular formula is C37H30N2O5. The predicted octanol–water partition coefficient (Wildman–Crippen LogP) is 6.24. The Morgan fingerprint density at radius 1 is 0.886 bits per heavy atom. The van der Waals surface area contributed by atoms with Gasteiger partial charge in [-0.05, 0) is 77.4 Å². The van der Waals surface area contributed by atoms with Crippen LogP contribution in [0.5, 0.6) is 11.5 Å². The summed E-state index contributed by atoms with van der Waals surface area (Å²) in [6.07, 6.45) is 5.47. The fraction of sp³-hybridized carbons (Fsp3) is 0.162. The number of methoxy groups -OCH3 is 1. The van der Waals surface area contributed by atoms with Gasteiger partial charge >= 0.3 is 0 Å². The number of amides is 1. The third-order valence-electron chi connectivity index (χ3n) is 9.00. The molecule has 44 heavy (non-hydrogen) atoms. The van der Waals surface area contributed by atoms with Gasteiger partial charge in [-0.3, -0.25) is 14.4 Å². The number of fused-ring (bicyclic) bond motifs is 6. The number of rotatable bonds is 8. The number of carbonyl (C=O) groups excluding carboxylic acids is 3. The first kappa shape index (κ1) is 27.4. The van der Waals surface area contributed by atoms with E-state index in [1.807, 2.05) is 65.7 Å². The highest BCUT2D eigenvalue weighted by Gasteiger charge is 2.70. The molecule has 3 aliphatic heterocycles. The zero-order chi connectivity index (χ0) is 30.4. The van der Waals surface area contributed by atoms with Crippen molar-refractivity contribution in [1.29, 1.82) is 0 Å². The molecule has 1 amide bonds. The number of para-hydroxylation sites is 1.